The number of nitrogens with zero attached hydrogens (tertiary/aromatic N) is 2. The molecule has 2 amide bonds. The Morgan fingerprint density at radius 2 is 1.60 bits per heavy atom. The molecule has 3 rings (SSSR count). The van der Waals surface area contributed by atoms with Gasteiger partial charge in [-0.05, 0) is 74.4 Å². The molecule has 0 heterocycles. The van der Waals surface area contributed by atoms with E-state index in [2.05, 4.69) is 5.32 Å². The van der Waals surface area contributed by atoms with Gasteiger partial charge >= 0.3 is 0 Å². The molecule has 0 aliphatic heterocycles. The first kappa shape index (κ1) is 31.0. The van der Waals surface area contributed by atoms with E-state index in [1.54, 1.807) is 73.7 Å². The summed E-state index contributed by atoms with van der Waals surface area (Å²) in [5.41, 5.74) is 1.05. The van der Waals surface area contributed by atoms with Crippen LogP contribution in [0.1, 0.15) is 39.2 Å². The maximum atomic E-state index is 13.9. The molecule has 40 heavy (non-hydrogen) atoms. The van der Waals surface area contributed by atoms with Crippen LogP contribution in [0.25, 0.3) is 0 Å². The predicted octanol–water partition coefficient (Wildman–Crippen LogP) is 5.27. The van der Waals surface area contributed by atoms with Crippen LogP contribution in [0.2, 0.25) is 5.02 Å². The summed E-state index contributed by atoms with van der Waals surface area (Å²) < 4.78 is 34.2. The average molecular weight is 586 g/mol. The molecular weight excluding hydrogens is 550 g/mol. The Balaban J connectivity index is 1.98. The van der Waals surface area contributed by atoms with E-state index < -0.39 is 28.5 Å². The van der Waals surface area contributed by atoms with Crippen molar-refractivity contribution < 1.29 is 22.7 Å². The summed E-state index contributed by atoms with van der Waals surface area (Å²) in [7, 11) is -4.12. The number of ether oxygens (including phenoxy) is 1. The summed E-state index contributed by atoms with van der Waals surface area (Å²) in [4.78, 5) is 28.4. The molecule has 0 saturated carbocycles. The summed E-state index contributed by atoms with van der Waals surface area (Å²) in [6.45, 7) is 6.06. The van der Waals surface area contributed by atoms with Crippen LogP contribution in [0.5, 0.6) is 5.75 Å². The molecule has 3 aromatic rings. The van der Waals surface area contributed by atoms with Crippen molar-refractivity contribution in [2.24, 2.45) is 0 Å². The zero-order valence-corrected chi connectivity index (χ0v) is 24.6. The van der Waals surface area contributed by atoms with E-state index in [1.807, 2.05) is 13.8 Å². The normalized spacial score (nSPS) is 11.9. The molecule has 0 aromatic heterocycles. The van der Waals surface area contributed by atoms with Crippen molar-refractivity contribution in [2.75, 3.05) is 24.0 Å². The third-order valence-electron chi connectivity index (χ3n) is 6.31. The number of hydrogen-bond donors (Lipinski definition) is 1. The first-order chi connectivity index (χ1) is 19.2. The van der Waals surface area contributed by atoms with Crippen molar-refractivity contribution in [3.05, 3.63) is 89.4 Å². The van der Waals surface area contributed by atoms with Gasteiger partial charge in [-0.3, -0.25) is 13.9 Å². The first-order valence-electron chi connectivity index (χ1n) is 13.3. The number of benzene rings is 3. The van der Waals surface area contributed by atoms with Crippen LogP contribution in [0.3, 0.4) is 0 Å². The van der Waals surface area contributed by atoms with Gasteiger partial charge in [0.1, 0.15) is 18.3 Å². The van der Waals surface area contributed by atoms with Gasteiger partial charge in [-0.2, -0.15) is 0 Å². The standard InChI is InChI=1S/C30H36ClN3O5S/c1-4-6-20-32-30(36)23(3)33(21-24-12-14-25(31)15-13-24)29(35)22-34(26-16-18-27(19-17-26)39-5-2)40(37,38)28-10-8-7-9-11-28/h7-19,23H,4-6,20-22H2,1-3H3,(H,32,36). The molecule has 8 nitrogen and oxygen atoms in total. The fraction of sp³-hybridized carbons (Fsp3) is 0.333. The lowest BCUT2D eigenvalue weighted by molar-refractivity contribution is -0.139. The van der Waals surface area contributed by atoms with E-state index in [0.29, 0.717) is 29.6 Å². The van der Waals surface area contributed by atoms with Gasteiger partial charge in [0.2, 0.25) is 11.8 Å². The quantitative estimate of drug-likeness (QED) is 0.260. The minimum Gasteiger partial charge on any atom is -0.494 e. The molecule has 0 radical (unpaired) electrons. The first-order valence-corrected chi connectivity index (χ1v) is 15.1. The highest BCUT2D eigenvalue weighted by molar-refractivity contribution is 7.92. The summed E-state index contributed by atoms with van der Waals surface area (Å²) in [6.07, 6.45) is 1.72. The SMILES string of the molecule is CCCCNC(=O)C(C)N(Cc1ccc(Cl)cc1)C(=O)CN(c1ccc(OCC)cc1)S(=O)(=O)c1ccccc1. The minimum absolute atomic E-state index is 0.0475. The monoisotopic (exact) mass is 585 g/mol. The van der Waals surface area contributed by atoms with Gasteiger partial charge in [-0.1, -0.05) is 55.3 Å². The fourth-order valence-corrected chi connectivity index (χ4v) is 5.59. The molecule has 10 heteroatoms. The van der Waals surface area contributed by atoms with Crippen molar-refractivity contribution in [1.29, 1.82) is 0 Å². The number of sulfonamides is 1. The van der Waals surface area contributed by atoms with Gasteiger partial charge in [0.15, 0.2) is 0 Å². The largest absolute Gasteiger partial charge is 0.494 e. The van der Waals surface area contributed by atoms with E-state index in [-0.39, 0.29) is 17.3 Å². The molecule has 1 atom stereocenters. The Bertz CT molecular complexity index is 1350. The number of nitrogens with one attached hydrogen (secondary N) is 1. The van der Waals surface area contributed by atoms with Gasteiger partial charge in [0, 0.05) is 18.1 Å². The van der Waals surface area contributed by atoms with Gasteiger partial charge < -0.3 is 15.0 Å². The third-order valence-corrected chi connectivity index (χ3v) is 8.35. The Kier molecular flexibility index (Phi) is 11.4. The Hall–Kier alpha value is -3.56. The molecule has 3 aromatic carbocycles. The van der Waals surface area contributed by atoms with Gasteiger partial charge in [0.25, 0.3) is 10.0 Å². The second kappa shape index (κ2) is 14.7. The number of carbonyl (C=O) groups is 2. The topological polar surface area (TPSA) is 96.0 Å². The highest BCUT2D eigenvalue weighted by atomic mass is 35.5. The van der Waals surface area contributed by atoms with Crippen molar-refractivity contribution in [3.8, 4) is 5.75 Å². The molecule has 214 valence electrons. The van der Waals surface area contributed by atoms with Crippen molar-refractivity contribution >= 4 is 39.1 Å². The maximum absolute atomic E-state index is 13.9. The van der Waals surface area contributed by atoms with Crippen LogP contribution in [0, 0.1) is 0 Å². The van der Waals surface area contributed by atoms with Crippen molar-refractivity contribution in [2.45, 2.75) is 51.1 Å². The highest BCUT2D eigenvalue weighted by Crippen LogP contribution is 2.26. The maximum Gasteiger partial charge on any atom is 0.264 e. The minimum atomic E-state index is -4.12. The fourth-order valence-electron chi connectivity index (χ4n) is 4.03. The zero-order chi connectivity index (χ0) is 29.1. The number of amides is 2. The van der Waals surface area contributed by atoms with Crippen LogP contribution in [-0.4, -0.2) is 50.9 Å². The molecule has 0 aliphatic rings. The average Bonchev–Trinajstić information content (AvgIpc) is 2.96. The molecule has 0 saturated heterocycles. The predicted molar refractivity (Wildman–Crippen MR) is 158 cm³/mol. The molecular formula is C30H36ClN3O5S. The van der Waals surface area contributed by atoms with Gasteiger partial charge in [-0.25, -0.2) is 8.42 Å². The number of rotatable bonds is 14. The number of anilines is 1. The Morgan fingerprint density at radius 3 is 2.20 bits per heavy atom. The second-order valence-electron chi connectivity index (χ2n) is 9.22. The van der Waals surface area contributed by atoms with E-state index in [1.165, 1.54) is 17.0 Å². The van der Waals surface area contributed by atoms with E-state index in [9.17, 15) is 18.0 Å². The lowest BCUT2D eigenvalue weighted by Crippen LogP contribution is -2.51. The molecule has 0 bridgehead atoms. The van der Waals surface area contributed by atoms with Crippen molar-refractivity contribution in [1.82, 2.24) is 10.2 Å². The molecule has 0 spiro atoms. The smallest absolute Gasteiger partial charge is 0.264 e. The van der Waals surface area contributed by atoms with Crippen LogP contribution >= 0.6 is 11.6 Å². The number of halogens is 1. The number of hydrogen-bond acceptors (Lipinski definition) is 5. The number of unbranched alkanes of at least 4 members (excludes halogenated alkanes) is 1. The second-order valence-corrected chi connectivity index (χ2v) is 11.5. The summed E-state index contributed by atoms with van der Waals surface area (Å²) >= 11 is 6.04. The summed E-state index contributed by atoms with van der Waals surface area (Å²) in [5.74, 6) is -0.257. The Labute approximate surface area is 241 Å². The third kappa shape index (κ3) is 8.22. The van der Waals surface area contributed by atoms with E-state index >= 15 is 0 Å². The molecule has 0 aliphatic carbocycles. The van der Waals surface area contributed by atoms with Crippen LogP contribution < -0.4 is 14.4 Å². The van der Waals surface area contributed by atoms with E-state index in [4.69, 9.17) is 16.3 Å². The van der Waals surface area contributed by atoms with Gasteiger partial charge in [0.05, 0.1) is 17.2 Å². The van der Waals surface area contributed by atoms with Crippen LogP contribution in [0.4, 0.5) is 5.69 Å². The summed E-state index contributed by atoms with van der Waals surface area (Å²) in [6, 6.07) is 20.6. The van der Waals surface area contributed by atoms with Crippen LogP contribution in [0.15, 0.2) is 83.8 Å². The Morgan fingerprint density at radius 1 is 0.950 bits per heavy atom. The number of carbonyl (C=O) groups excluding carboxylic acids is 2. The van der Waals surface area contributed by atoms with Crippen molar-refractivity contribution in [3.63, 3.8) is 0 Å². The molecule has 0 fully saturated rings. The lowest BCUT2D eigenvalue weighted by atomic mass is 10.1. The molecule has 1 unspecified atom stereocenters. The highest BCUT2D eigenvalue weighted by Gasteiger charge is 2.32. The summed E-state index contributed by atoms with van der Waals surface area (Å²) in [5, 5.41) is 3.42. The van der Waals surface area contributed by atoms with Crippen LogP contribution in [-0.2, 0) is 26.2 Å². The van der Waals surface area contributed by atoms with E-state index in [0.717, 1.165) is 22.7 Å². The lowest BCUT2D eigenvalue weighted by Gasteiger charge is -2.32. The zero-order valence-electron chi connectivity index (χ0n) is 23.0. The molecule has 1 N–H and O–H groups in total. The van der Waals surface area contributed by atoms with Gasteiger partial charge in [-0.15, -0.1) is 0 Å².